The van der Waals surface area contributed by atoms with Crippen molar-refractivity contribution >= 4 is 21.8 Å². The molecule has 1 fully saturated rings. The summed E-state index contributed by atoms with van der Waals surface area (Å²) in [4.78, 5) is 12.4. The smallest absolute Gasteiger partial charge is 0.252 e. The summed E-state index contributed by atoms with van der Waals surface area (Å²) >= 11 is 3.42. The van der Waals surface area contributed by atoms with Crippen LogP contribution in [-0.2, 0) is 0 Å². The second kappa shape index (κ2) is 6.06. The number of carbonyl (C=O) groups is 1. The lowest BCUT2D eigenvalue weighted by Gasteiger charge is -2.42. The Morgan fingerprint density at radius 2 is 2.21 bits per heavy atom. The van der Waals surface area contributed by atoms with E-state index < -0.39 is 0 Å². The first kappa shape index (κ1) is 14.5. The molecular formula is C15H21BrN2O. The van der Waals surface area contributed by atoms with E-state index in [1.165, 1.54) is 6.42 Å². The van der Waals surface area contributed by atoms with E-state index in [1.54, 1.807) is 0 Å². The second-order valence-electron chi connectivity index (χ2n) is 5.44. The summed E-state index contributed by atoms with van der Waals surface area (Å²) < 4.78 is 0.822. The first-order valence-electron chi connectivity index (χ1n) is 6.86. The molecule has 0 spiro atoms. The van der Waals surface area contributed by atoms with Gasteiger partial charge in [-0.3, -0.25) is 4.79 Å². The molecule has 0 radical (unpaired) electrons. The molecule has 1 aromatic rings. The van der Waals surface area contributed by atoms with Gasteiger partial charge >= 0.3 is 0 Å². The summed E-state index contributed by atoms with van der Waals surface area (Å²) in [6, 6.07) is 7.49. The van der Waals surface area contributed by atoms with Gasteiger partial charge in [0.2, 0.25) is 0 Å². The Bertz CT molecular complexity index is 463. The lowest BCUT2D eigenvalue weighted by molar-refractivity contribution is 0.0812. The molecule has 0 aliphatic heterocycles. The lowest BCUT2D eigenvalue weighted by atomic mass is 9.73. The molecule has 0 heterocycles. The highest BCUT2D eigenvalue weighted by molar-refractivity contribution is 9.10. The molecular weight excluding hydrogens is 304 g/mol. The van der Waals surface area contributed by atoms with Gasteiger partial charge in [-0.05, 0) is 46.8 Å². The van der Waals surface area contributed by atoms with Crippen molar-refractivity contribution in [2.45, 2.75) is 38.1 Å². The molecule has 0 saturated heterocycles. The van der Waals surface area contributed by atoms with E-state index in [0.29, 0.717) is 18.0 Å². The van der Waals surface area contributed by atoms with Gasteiger partial charge in [0.05, 0.1) is 11.1 Å². The van der Waals surface area contributed by atoms with Gasteiger partial charge in [-0.2, -0.15) is 0 Å². The van der Waals surface area contributed by atoms with E-state index in [9.17, 15) is 4.79 Å². The Hall–Kier alpha value is -0.870. The number of rotatable bonds is 3. The standard InChI is InChI=1S/C15H21BrN2O/c1-11-6-4-5-9-15(11,10-17)18-14(19)12-7-2-3-8-13(12)16/h2-3,7-8,11H,4-6,9-10,17H2,1H3,(H,18,19). The van der Waals surface area contributed by atoms with Crippen LogP contribution in [0, 0.1) is 5.92 Å². The Labute approximate surface area is 123 Å². The predicted octanol–water partition coefficient (Wildman–Crippen LogP) is 3.09. The quantitative estimate of drug-likeness (QED) is 0.897. The summed E-state index contributed by atoms with van der Waals surface area (Å²) in [5.41, 5.74) is 6.40. The molecule has 1 aliphatic rings. The highest BCUT2D eigenvalue weighted by Crippen LogP contribution is 2.33. The molecule has 1 amide bonds. The van der Waals surface area contributed by atoms with Crippen LogP contribution in [0.25, 0.3) is 0 Å². The van der Waals surface area contributed by atoms with Gasteiger partial charge < -0.3 is 11.1 Å². The van der Waals surface area contributed by atoms with Crippen LogP contribution < -0.4 is 11.1 Å². The number of nitrogens with two attached hydrogens (primary N) is 1. The molecule has 3 nitrogen and oxygen atoms in total. The zero-order chi connectivity index (χ0) is 13.9. The molecule has 2 rings (SSSR count). The van der Waals surface area contributed by atoms with Gasteiger partial charge in [0.1, 0.15) is 0 Å². The van der Waals surface area contributed by atoms with Gasteiger partial charge in [-0.25, -0.2) is 0 Å². The monoisotopic (exact) mass is 324 g/mol. The largest absolute Gasteiger partial charge is 0.345 e. The Morgan fingerprint density at radius 1 is 1.47 bits per heavy atom. The minimum absolute atomic E-state index is 0.0355. The van der Waals surface area contributed by atoms with Crippen LogP contribution >= 0.6 is 15.9 Å². The van der Waals surface area contributed by atoms with E-state index >= 15 is 0 Å². The average Bonchev–Trinajstić information content (AvgIpc) is 2.42. The predicted molar refractivity (Wildman–Crippen MR) is 81.0 cm³/mol. The van der Waals surface area contributed by atoms with Gasteiger partial charge in [-0.15, -0.1) is 0 Å². The van der Waals surface area contributed by atoms with Crippen LogP contribution in [0.1, 0.15) is 43.0 Å². The molecule has 104 valence electrons. The molecule has 19 heavy (non-hydrogen) atoms. The topological polar surface area (TPSA) is 55.1 Å². The van der Waals surface area contributed by atoms with Crippen LogP contribution in [0.4, 0.5) is 0 Å². The third-order valence-corrected chi connectivity index (χ3v) is 4.99. The number of nitrogens with one attached hydrogen (secondary N) is 1. The maximum Gasteiger partial charge on any atom is 0.252 e. The van der Waals surface area contributed by atoms with Crippen molar-refractivity contribution in [1.82, 2.24) is 5.32 Å². The number of hydrogen-bond donors (Lipinski definition) is 2. The lowest BCUT2D eigenvalue weighted by Crippen LogP contribution is -2.59. The van der Waals surface area contributed by atoms with Gasteiger partial charge in [0, 0.05) is 11.0 Å². The van der Waals surface area contributed by atoms with Gasteiger partial charge in [0.15, 0.2) is 0 Å². The molecule has 3 N–H and O–H groups in total. The zero-order valence-electron chi connectivity index (χ0n) is 11.3. The van der Waals surface area contributed by atoms with E-state index in [0.717, 1.165) is 23.7 Å². The van der Waals surface area contributed by atoms with Crippen LogP contribution in [0.2, 0.25) is 0 Å². The molecule has 1 aromatic carbocycles. The summed E-state index contributed by atoms with van der Waals surface area (Å²) in [6.45, 7) is 2.69. The number of amides is 1. The molecule has 2 atom stereocenters. The fraction of sp³-hybridized carbons (Fsp3) is 0.533. The Kier molecular flexibility index (Phi) is 4.63. The molecule has 0 aromatic heterocycles. The summed E-state index contributed by atoms with van der Waals surface area (Å²) in [5.74, 6) is 0.393. The van der Waals surface area contributed by atoms with Crippen molar-refractivity contribution < 1.29 is 4.79 Å². The van der Waals surface area contributed by atoms with Crippen molar-refractivity contribution in [2.75, 3.05) is 6.54 Å². The van der Waals surface area contributed by atoms with Crippen LogP contribution in [0.5, 0.6) is 0 Å². The van der Waals surface area contributed by atoms with Crippen molar-refractivity contribution in [1.29, 1.82) is 0 Å². The van der Waals surface area contributed by atoms with Crippen molar-refractivity contribution in [3.05, 3.63) is 34.3 Å². The van der Waals surface area contributed by atoms with E-state index in [4.69, 9.17) is 5.73 Å². The fourth-order valence-electron chi connectivity index (χ4n) is 2.89. The average molecular weight is 325 g/mol. The van der Waals surface area contributed by atoms with Crippen molar-refractivity contribution in [2.24, 2.45) is 11.7 Å². The molecule has 0 bridgehead atoms. The normalized spacial score (nSPS) is 27.0. The number of hydrogen-bond acceptors (Lipinski definition) is 2. The van der Waals surface area contributed by atoms with Crippen LogP contribution in [0.3, 0.4) is 0 Å². The first-order chi connectivity index (χ1) is 9.09. The molecule has 1 aliphatic carbocycles. The molecule has 2 unspecified atom stereocenters. The highest BCUT2D eigenvalue weighted by Gasteiger charge is 2.38. The van der Waals surface area contributed by atoms with Crippen LogP contribution in [0.15, 0.2) is 28.7 Å². The SMILES string of the molecule is CC1CCCCC1(CN)NC(=O)c1ccccc1Br. The van der Waals surface area contributed by atoms with E-state index in [2.05, 4.69) is 28.2 Å². The van der Waals surface area contributed by atoms with E-state index in [-0.39, 0.29) is 11.4 Å². The van der Waals surface area contributed by atoms with Gasteiger partial charge in [-0.1, -0.05) is 31.9 Å². The van der Waals surface area contributed by atoms with Crippen molar-refractivity contribution in [3.63, 3.8) is 0 Å². The summed E-state index contributed by atoms with van der Waals surface area (Å²) in [6.07, 6.45) is 4.47. The minimum Gasteiger partial charge on any atom is -0.345 e. The Morgan fingerprint density at radius 3 is 2.84 bits per heavy atom. The summed E-state index contributed by atoms with van der Waals surface area (Å²) in [5, 5.41) is 3.20. The second-order valence-corrected chi connectivity index (χ2v) is 6.30. The maximum absolute atomic E-state index is 12.4. The number of benzene rings is 1. The van der Waals surface area contributed by atoms with E-state index in [1.807, 2.05) is 24.3 Å². The third kappa shape index (κ3) is 3.00. The number of carbonyl (C=O) groups excluding carboxylic acids is 1. The third-order valence-electron chi connectivity index (χ3n) is 4.30. The molecule has 1 saturated carbocycles. The minimum atomic E-state index is -0.245. The Balaban J connectivity index is 2.19. The molecule has 4 heteroatoms. The number of halogens is 1. The van der Waals surface area contributed by atoms with Gasteiger partial charge in [0.25, 0.3) is 5.91 Å². The van der Waals surface area contributed by atoms with Crippen molar-refractivity contribution in [3.8, 4) is 0 Å². The maximum atomic E-state index is 12.4. The fourth-order valence-corrected chi connectivity index (χ4v) is 3.36. The first-order valence-corrected chi connectivity index (χ1v) is 7.65. The summed E-state index contributed by atoms with van der Waals surface area (Å²) in [7, 11) is 0. The van der Waals surface area contributed by atoms with Crippen LogP contribution in [-0.4, -0.2) is 18.0 Å². The zero-order valence-corrected chi connectivity index (χ0v) is 12.9. The highest BCUT2D eigenvalue weighted by atomic mass is 79.9.